The topological polar surface area (TPSA) is 44.9 Å². The minimum atomic E-state index is 0.354. The number of likely N-dealkylation sites (N-methyl/N-ethyl adjacent to an activating group) is 1. The number of halogens is 1. The first kappa shape index (κ1) is 15.8. The van der Waals surface area contributed by atoms with Gasteiger partial charge in [-0.25, -0.2) is 4.98 Å². The Kier molecular flexibility index (Phi) is 5.22. The van der Waals surface area contributed by atoms with E-state index in [9.17, 15) is 5.26 Å². The van der Waals surface area contributed by atoms with Gasteiger partial charge in [-0.1, -0.05) is 13.0 Å². The molecule has 0 fully saturated rings. The fourth-order valence-electron chi connectivity index (χ4n) is 2.43. The first-order chi connectivity index (χ1) is 10.1. The molecule has 1 aromatic carbocycles. The number of fused-ring (bicyclic) bond motifs is 1. The Morgan fingerprint density at radius 3 is 2.86 bits per heavy atom. The number of aromatic nitrogens is 2. The molecule has 2 aromatic rings. The van der Waals surface area contributed by atoms with Crippen molar-refractivity contribution in [2.45, 2.75) is 38.7 Å². The highest BCUT2D eigenvalue weighted by molar-refractivity contribution is 6.16. The minimum absolute atomic E-state index is 0.354. The van der Waals surface area contributed by atoms with Crippen LogP contribution in [0.2, 0.25) is 0 Å². The number of nitrogens with zero attached hydrogens (tertiary/aromatic N) is 4. The van der Waals surface area contributed by atoms with Crippen LogP contribution < -0.4 is 0 Å². The molecule has 0 saturated carbocycles. The second-order valence-corrected chi connectivity index (χ2v) is 5.60. The maximum atomic E-state index is 9.19. The molecule has 0 spiro atoms. The summed E-state index contributed by atoms with van der Waals surface area (Å²) in [6.45, 7) is 6.18. The highest BCUT2D eigenvalue weighted by Gasteiger charge is 2.14. The summed E-state index contributed by atoms with van der Waals surface area (Å²) < 4.78 is 2.13. The van der Waals surface area contributed by atoms with Crippen LogP contribution in [0.15, 0.2) is 18.2 Å². The average Bonchev–Trinajstić information content (AvgIpc) is 2.89. The SMILES string of the molecule is CCC(C)N(C)CCn1c(CCl)nc2c(C#N)cccc21. The van der Waals surface area contributed by atoms with E-state index < -0.39 is 0 Å². The molecule has 0 aliphatic heterocycles. The number of benzene rings is 1. The van der Waals surface area contributed by atoms with Gasteiger partial charge in [-0.05, 0) is 32.5 Å². The Morgan fingerprint density at radius 1 is 1.48 bits per heavy atom. The van der Waals surface area contributed by atoms with Gasteiger partial charge in [-0.2, -0.15) is 5.26 Å². The summed E-state index contributed by atoms with van der Waals surface area (Å²) in [4.78, 5) is 6.87. The van der Waals surface area contributed by atoms with Gasteiger partial charge in [0.2, 0.25) is 0 Å². The zero-order valence-corrected chi connectivity index (χ0v) is 13.6. The van der Waals surface area contributed by atoms with Gasteiger partial charge in [-0.15, -0.1) is 11.6 Å². The largest absolute Gasteiger partial charge is 0.326 e. The second kappa shape index (κ2) is 6.93. The molecular weight excluding hydrogens is 284 g/mol. The van der Waals surface area contributed by atoms with Gasteiger partial charge in [-0.3, -0.25) is 0 Å². The summed E-state index contributed by atoms with van der Waals surface area (Å²) in [5.41, 5.74) is 2.34. The van der Waals surface area contributed by atoms with Crippen LogP contribution in [0.4, 0.5) is 0 Å². The Morgan fingerprint density at radius 2 is 2.24 bits per heavy atom. The Labute approximate surface area is 130 Å². The third-order valence-electron chi connectivity index (χ3n) is 4.12. The van der Waals surface area contributed by atoms with Crippen molar-refractivity contribution in [3.63, 3.8) is 0 Å². The molecule has 0 radical (unpaired) electrons. The Balaban J connectivity index is 2.33. The molecule has 4 nitrogen and oxygen atoms in total. The lowest BCUT2D eigenvalue weighted by Gasteiger charge is -2.24. The average molecular weight is 305 g/mol. The van der Waals surface area contributed by atoms with Gasteiger partial charge in [0.15, 0.2) is 0 Å². The van der Waals surface area contributed by atoms with Gasteiger partial charge in [0.1, 0.15) is 17.4 Å². The van der Waals surface area contributed by atoms with Crippen molar-refractivity contribution < 1.29 is 0 Å². The van der Waals surface area contributed by atoms with Crippen LogP contribution in [0.1, 0.15) is 31.7 Å². The quantitative estimate of drug-likeness (QED) is 0.769. The summed E-state index contributed by atoms with van der Waals surface area (Å²) in [6.07, 6.45) is 1.13. The summed E-state index contributed by atoms with van der Waals surface area (Å²) in [7, 11) is 2.13. The molecule has 0 aliphatic rings. The van der Waals surface area contributed by atoms with E-state index >= 15 is 0 Å². The molecule has 0 bridgehead atoms. The van der Waals surface area contributed by atoms with Gasteiger partial charge >= 0.3 is 0 Å². The summed E-state index contributed by atoms with van der Waals surface area (Å²) in [6, 6.07) is 8.44. The van der Waals surface area contributed by atoms with Crippen LogP contribution in [-0.2, 0) is 12.4 Å². The van der Waals surface area contributed by atoms with Crippen molar-refractivity contribution in [1.82, 2.24) is 14.5 Å². The van der Waals surface area contributed by atoms with E-state index in [0.717, 1.165) is 36.4 Å². The fourth-order valence-corrected chi connectivity index (χ4v) is 2.63. The standard InChI is InChI=1S/C16H21ClN4/c1-4-12(2)20(3)8-9-21-14-7-5-6-13(11-18)16(14)19-15(21)10-17/h5-7,12H,4,8-10H2,1-3H3. The van der Waals surface area contributed by atoms with Crippen molar-refractivity contribution in [2.75, 3.05) is 13.6 Å². The smallest absolute Gasteiger partial charge is 0.124 e. The molecule has 0 saturated heterocycles. The maximum absolute atomic E-state index is 9.19. The van der Waals surface area contributed by atoms with E-state index in [4.69, 9.17) is 11.6 Å². The van der Waals surface area contributed by atoms with Crippen LogP contribution >= 0.6 is 11.6 Å². The molecule has 0 N–H and O–H groups in total. The third kappa shape index (κ3) is 3.20. The molecule has 0 aliphatic carbocycles. The van der Waals surface area contributed by atoms with Gasteiger partial charge in [0.25, 0.3) is 0 Å². The maximum Gasteiger partial charge on any atom is 0.124 e. The van der Waals surface area contributed by atoms with Gasteiger partial charge in [0.05, 0.1) is 17.0 Å². The molecule has 1 unspecified atom stereocenters. The van der Waals surface area contributed by atoms with Crippen LogP contribution in [0.3, 0.4) is 0 Å². The van der Waals surface area contributed by atoms with Crippen LogP contribution in [0.5, 0.6) is 0 Å². The van der Waals surface area contributed by atoms with Crippen molar-refractivity contribution in [3.8, 4) is 6.07 Å². The molecule has 21 heavy (non-hydrogen) atoms. The predicted molar refractivity (Wildman–Crippen MR) is 86.4 cm³/mol. The molecule has 1 aromatic heterocycles. The van der Waals surface area contributed by atoms with E-state index in [1.165, 1.54) is 0 Å². The highest BCUT2D eigenvalue weighted by Crippen LogP contribution is 2.21. The highest BCUT2D eigenvalue weighted by atomic mass is 35.5. The van der Waals surface area contributed by atoms with Crippen LogP contribution in [0.25, 0.3) is 11.0 Å². The number of nitriles is 1. The van der Waals surface area contributed by atoms with Crippen molar-refractivity contribution in [2.24, 2.45) is 0 Å². The normalized spacial score (nSPS) is 12.8. The predicted octanol–water partition coefficient (Wildman–Crippen LogP) is 3.38. The fraction of sp³-hybridized carbons (Fsp3) is 0.500. The van der Waals surface area contributed by atoms with Crippen LogP contribution in [-0.4, -0.2) is 34.1 Å². The summed E-state index contributed by atoms with van der Waals surface area (Å²) in [5.74, 6) is 1.18. The van der Waals surface area contributed by atoms with E-state index in [0.29, 0.717) is 17.5 Å². The molecule has 0 amide bonds. The molecule has 2 rings (SSSR count). The first-order valence-electron chi connectivity index (χ1n) is 7.26. The third-order valence-corrected chi connectivity index (χ3v) is 4.36. The Bertz CT molecular complexity index is 656. The number of imidazole rings is 1. The lowest BCUT2D eigenvalue weighted by Crippen LogP contribution is -2.31. The van der Waals surface area contributed by atoms with Gasteiger partial charge in [0, 0.05) is 19.1 Å². The zero-order chi connectivity index (χ0) is 15.4. The van der Waals surface area contributed by atoms with E-state index in [1.807, 2.05) is 12.1 Å². The zero-order valence-electron chi connectivity index (χ0n) is 12.8. The monoisotopic (exact) mass is 304 g/mol. The summed E-state index contributed by atoms with van der Waals surface area (Å²) in [5, 5.41) is 9.19. The minimum Gasteiger partial charge on any atom is -0.326 e. The first-order valence-corrected chi connectivity index (χ1v) is 7.80. The molecular formula is C16H21ClN4. The number of hydrogen-bond donors (Lipinski definition) is 0. The number of rotatable bonds is 6. The molecule has 1 heterocycles. The Hall–Kier alpha value is -1.57. The van der Waals surface area contributed by atoms with E-state index in [1.54, 1.807) is 6.07 Å². The van der Waals surface area contributed by atoms with E-state index in [2.05, 4.69) is 41.4 Å². The molecule has 5 heteroatoms. The lowest BCUT2D eigenvalue weighted by molar-refractivity contribution is 0.243. The van der Waals surface area contributed by atoms with Crippen LogP contribution in [0, 0.1) is 11.3 Å². The van der Waals surface area contributed by atoms with Crippen molar-refractivity contribution in [3.05, 3.63) is 29.6 Å². The molecule has 112 valence electrons. The second-order valence-electron chi connectivity index (χ2n) is 5.34. The lowest BCUT2D eigenvalue weighted by atomic mass is 10.2. The molecule has 1 atom stereocenters. The van der Waals surface area contributed by atoms with E-state index in [-0.39, 0.29) is 0 Å². The number of hydrogen-bond acceptors (Lipinski definition) is 3. The number of para-hydroxylation sites is 1. The van der Waals surface area contributed by atoms with Gasteiger partial charge < -0.3 is 9.47 Å². The summed E-state index contributed by atoms with van der Waals surface area (Å²) >= 11 is 6.02. The van der Waals surface area contributed by atoms with Crippen molar-refractivity contribution in [1.29, 1.82) is 5.26 Å². The van der Waals surface area contributed by atoms with Crippen molar-refractivity contribution >= 4 is 22.6 Å². The number of alkyl halides is 1.